The van der Waals surface area contributed by atoms with Crippen LogP contribution in [0.2, 0.25) is 0 Å². The molecular formula is C44H31N4S-. The van der Waals surface area contributed by atoms with Crippen LogP contribution in [0.3, 0.4) is 0 Å². The van der Waals surface area contributed by atoms with Gasteiger partial charge in [-0.05, 0) is 86.5 Å². The molecule has 49 heavy (non-hydrogen) atoms. The average molecular weight is 648 g/mol. The van der Waals surface area contributed by atoms with Crippen molar-refractivity contribution in [2.24, 2.45) is 4.99 Å². The van der Waals surface area contributed by atoms with Crippen molar-refractivity contribution in [2.45, 2.75) is 27.5 Å². The Morgan fingerprint density at radius 2 is 1.24 bits per heavy atom. The van der Waals surface area contributed by atoms with Crippen molar-refractivity contribution < 1.29 is 0 Å². The molecule has 2 aliphatic heterocycles. The minimum Gasteiger partial charge on any atom is -0.613 e. The van der Waals surface area contributed by atoms with Gasteiger partial charge in [0.05, 0.1) is 5.41 Å². The summed E-state index contributed by atoms with van der Waals surface area (Å²) in [5.41, 5.74) is 17.9. The highest BCUT2D eigenvalue weighted by molar-refractivity contribution is 7.99. The van der Waals surface area contributed by atoms with Crippen LogP contribution in [0, 0.1) is 0 Å². The monoisotopic (exact) mass is 647 g/mol. The number of nitrogens with one attached hydrogen (secondary N) is 1. The molecule has 234 valence electrons. The topological polar surface area (TPSA) is 64.5 Å². The normalized spacial score (nSPS) is 20.1. The standard InChI is InChI=1S/C44H31N4S/c45-37-26-36-40(31-18-8-7-17-30(31)37)32-19-9-10-20-33(32)44(36)34-21-11-12-22-38(34)49-39-24-23-29(25-35(39)44)43-47-41(27-13-3-1-4-14-27)46-42(48-43)28-15-5-2-6-16-28/h1-26,41-42H,45H2,(H,47,48)/q-1. The van der Waals surface area contributed by atoms with Gasteiger partial charge in [-0.1, -0.05) is 145 Å². The van der Waals surface area contributed by atoms with E-state index >= 15 is 0 Å². The maximum atomic E-state index is 6.94. The van der Waals surface area contributed by atoms with E-state index in [0.717, 1.165) is 33.6 Å². The number of amidine groups is 1. The molecule has 3 atom stereocenters. The Kier molecular flexibility index (Phi) is 6.35. The van der Waals surface area contributed by atoms with Crippen LogP contribution in [0.4, 0.5) is 5.69 Å². The second kappa shape index (κ2) is 11.0. The van der Waals surface area contributed by atoms with Crippen molar-refractivity contribution in [2.75, 3.05) is 5.73 Å². The van der Waals surface area contributed by atoms with E-state index in [1.165, 1.54) is 48.6 Å². The number of hydrogen-bond donors (Lipinski definition) is 2. The molecule has 0 saturated carbocycles. The number of fused-ring (bicyclic) bond motifs is 11. The van der Waals surface area contributed by atoms with Crippen LogP contribution in [-0.2, 0) is 5.41 Å². The van der Waals surface area contributed by atoms with Gasteiger partial charge in [-0.2, -0.15) is 0 Å². The molecule has 7 aromatic carbocycles. The molecule has 1 spiro atoms. The smallest absolute Gasteiger partial charge is 0.126 e. The molecule has 0 fully saturated rings. The Labute approximate surface area is 289 Å². The van der Waals surface area contributed by atoms with Gasteiger partial charge in [0.1, 0.15) is 5.84 Å². The number of rotatable bonds is 3. The summed E-state index contributed by atoms with van der Waals surface area (Å²) in [5.74, 6) is 0.837. The Morgan fingerprint density at radius 3 is 2.06 bits per heavy atom. The van der Waals surface area contributed by atoms with E-state index in [1.807, 2.05) is 23.9 Å². The Hall–Kier alpha value is -5.62. The summed E-state index contributed by atoms with van der Waals surface area (Å²) in [6, 6.07) is 56.3. The maximum Gasteiger partial charge on any atom is 0.126 e. The lowest BCUT2D eigenvalue weighted by atomic mass is 9.67. The molecule has 3 N–H and O–H groups in total. The highest BCUT2D eigenvalue weighted by atomic mass is 32.2. The summed E-state index contributed by atoms with van der Waals surface area (Å²) in [5, 5.41) is 11.2. The minimum atomic E-state index is -0.561. The van der Waals surface area contributed by atoms with E-state index in [1.54, 1.807) is 0 Å². The molecule has 0 saturated heterocycles. The van der Waals surface area contributed by atoms with Crippen molar-refractivity contribution in [3.8, 4) is 11.1 Å². The molecule has 0 amide bonds. The molecule has 0 aromatic heterocycles. The zero-order chi connectivity index (χ0) is 32.5. The summed E-state index contributed by atoms with van der Waals surface area (Å²) in [6.07, 6.45) is -0.570. The van der Waals surface area contributed by atoms with Crippen LogP contribution in [0.5, 0.6) is 0 Å². The maximum absolute atomic E-state index is 6.94. The predicted octanol–water partition coefficient (Wildman–Crippen LogP) is 10.4. The van der Waals surface area contributed by atoms with Gasteiger partial charge < -0.3 is 16.4 Å². The van der Waals surface area contributed by atoms with Crippen molar-refractivity contribution in [1.82, 2.24) is 5.32 Å². The zero-order valence-electron chi connectivity index (χ0n) is 26.5. The van der Waals surface area contributed by atoms with Crippen LogP contribution in [-0.4, -0.2) is 5.84 Å². The molecule has 0 bridgehead atoms. The first-order chi connectivity index (χ1) is 24.2. The quantitative estimate of drug-likeness (QED) is 0.188. The van der Waals surface area contributed by atoms with Crippen molar-refractivity contribution in [3.05, 3.63) is 202 Å². The SMILES string of the molecule is Nc1cc2c(c3ccccc13)-c1ccccc1C21c2ccccc2Sc2ccc(C3=NC(c4ccccc4)[N-]C(c4ccccc4)N3)cc21. The lowest BCUT2D eigenvalue weighted by molar-refractivity contribution is 0.630. The largest absolute Gasteiger partial charge is 0.613 e. The minimum absolute atomic E-state index is 0.238. The van der Waals surface area contributed by atoms with Crippen LogP contribution < -0.4 is 11.1 Å². The van der Waals surface area contributed by atoms with Gasteiger partial charge in [0.15, 0.2) is 0 Å². The number of anilines is 1. The fourth-order valence-corrected chi connectivity index (χ4v) is 9.35. The lowest BCUT2D eigenvalue weighted by Gasteiger charge is -2.44. The molecule has 3 aliphatic rings. The van der Waals surface area contributed by atoms with Gasteiger partial charge in [-0.3, -0.25) is 4.99 Å². The third-order valence-electron chi connectivity index (χ3n) is 10.3. The second-order valence-electron chi connectivity index (χ2n) is 12.9. The number of benzene rings is 7. The number of hydrogen-bond acceptors (Lipinski definition) is 4. The molecule has 4 nitrogen and oxygen atoms in total. The Morgan fingerprint density at radius 1 is 0.592 bits per heavy atom. The average Bonchev–Trinajstić information content (AvgIpc) is 3.46. The fourth-order valence-electron chi connectivity index (χ4n) is 8.18. The van der Waals surface area contributed by atoms with E-state index in [2.05, 4.69) is 151 Å². The van der Waals surface area contributed by atoms with Gasteiger partial charge in [0.25, 0.3) is 0 Å². The van der Waals surface area contributed by atoms with E-state index in [9.17, 15) is 0 Å². The molecule has 7 aromatic rings. The van der Waals surface area contributed by atoms with Crippen LogP contribution >= 0.6 is 11.8 Å². The molecule has 0 radical (unpaired) electrons. The summed E-state index contributed by atoms with van der Waals surface area (Å²) in [6.45, 7) is 0. The summed E-state index contributed by atoms with van der Waals surface area (Å²) < 4.78 is 0. The number of nitrogens with two attached hydrogens (primary N) is 1. The molecule has 1 aliphatic carbocycles. The predicted molar refractivity (Wildman–Crippen MR) is 201 cm³/mol. The molecule has 5 heteroatoms. The first-order valence-corrected chi connectivity index (χ1v) is 17.5. The van der Waals surface area contributed by atoms with Gasteiger partial charge in [-0.15, -0.1) is 0 Å². The van der Waals surface area contributed by atoms with E-state index in [4.69, 9.17) is 16.0 Å². The van der Waals surface area contributed by atoms with Crippen LogP contribution in [0.25, 0.3) is 27.2 Å². The number of aliphatic imine (C=N–C) groups is 1. The van der Waals surface area contributed by atoms with Gasteiger partial charge in [-0.25, -0.2) is 0 Å². The zero-order valence-corrected chi connectivity index (χ0v) is 27.4. The highest BCUT2D eigenvalue weighted by Crippen LogP contribution is 2.63. The van der Waals surface area contributed by atoms with Crippen molar-refractivity contribution in [3.63, 3.8) is 0 Å². The Bertz CT molecular complexity index is 2460. The second-order valence-corrected chi connectivity index (χ2v) is 14.0. The highest BCUT2D eigenvalue weighted by Gasteiger charge is 2.51. The summed E-state index contributed by atoms with van der Waals surface area (Å²) >= 11 is 1.84. The van der Waals surface area contributed by atoms with E-state index < -0.39 is 5.41 Å². The fraction of sp³-hybridized carbons (Fsp3) is 0.0682. The molecule has 2 heterocycles. The molecule has 3 unspecified atom stereocenters. The number of nitrogen functional groups attached to an aromatic ring is 1. The van der Waals surface area contributed by atoms with Crippen LogP contribution in [0.1, 0.15) is 51.3 Å². The van der Waals surface area contributed by atoms with E-state index in [-0.39, 0.29) is 12.3 Å². The summed E-state index contributed by atoms with van der Waals surface area (Å²) in [7, 11) is 0. The van der Waals surface area contributed by atoms with E-state index in [0.29, 0.717) is 0 Å². The third-order valence-corrected chi connectivity index (χ3v) is 11.4. The van der Waals surface area contributed by atoms with Crippen molar-refractivity contribution in [1.29, 1.82) is 0 Å². The van der Waals surface area contributed by atoms with Gasteiger partial charge >= 0.3 is 0 Å². The van der Waals surface area contributed by atoms with Crippen LogP contribution in [0.15, 0.2) is 173 Å². The lowest BCUT2D eigenvalue weighted by Crippen LogP contribution is -2.35. The molecule has 10 rings (SSSR count). The van der Waals surface area contributed by atoms with Gasteiger partial charge in [0.2, 0.25) is 0 Å². The first-order valence-electron chi connectivity index (χ1n) is 16.7. The Balaban J connectivity index is 1.23. The summed E-state index contributed by atoms with van der Waals surface area (Å²) in [4.78, 5) is 7.76. The van der Waals surface area contributed by atoms with Gasteiger partial charge in [0, 0.05) is 26.4 Å². The third kappa shape index (κ3) is 4.19. The van der Waals surface area contributed by atoms with Crippen molar-refractivity contribution >= 4 is 34.1 Å². The number of nitrogens with zero attached hydrogens (tertiary/aromatic N) is 2. The first kappa shape index (κ1) is 28.4. The molecular weight excluding hydrogens is 617 g/mol.